The van der Waals surface area contributed by atoms with Crippen LogP contribution in [-0.4, -0.2) is 51.9 Å². The number of carbonyl (C=O) groups is 1. The van der Waals surface area contributed by atoms with Crippen molar-refractivity contribution in [3.8, 4) is 5.69 Å². The van der Waals surface area contributed by atoms with Crippen LogP contribution in [-0.2, 0) is 14.8 Å². The van der Waals surface area contributed by atoms with Crippen molar-refractivity contribution in [1.29, 1.82) is 0 Å². The molecule has 1 amide bonds. The minimum atomic E-state index is -3.71. The number of amides is 1. The molecule has 3 aromatic rings. The van der Waals surface area contributed by atoms with E-state index in [0.29, 0.717) is 25.1 Å². The Hall–Kier alpha value is -3.11. The van der Waals surface area contributed by atoms with Crippen LogP contribution in [0.1, 0.15) is 24.0 Å². The van der Waals surface area contributed by atoms with Crippen LogP contribution in [0.4, 0.5) is 5.69 Å². The monoisotopic (exact) mass is 440 g/mol. The fourth-order valence-electron chi connectivity index (χ4n) is 3.68. The molecule has 1 aromatic heterocycles. The molecular formula is C21H24N6O3S. The summed E-state index contributed by atoms with van der Waals surface area (Å²) in [5, 5.41) is 13.9. The molecule has 9 nitrogen and oxygen atoms in total. The number of sulfonamides is 1. The highest BCUT2D eigenvalue weighted by Crippen LogP contribution is 2.26. The highest BCUT2D eigenvalue weighted by Gasteiger charge is 2.33. The molecule has 2 heterocycles. The van der Waals surface area contributed by atoms with E-state index in [-0.39, 0.29) is 17.3 Å². The molecule has 0 radical (unpaired) electrons. The van der Waals surface area contributed by atoms with Crippen molar-refractivity contribution in [3.63, 3.8) is 0 Å². The second kappa shape index (κ2) is 8.56. The van der Waals surface area contributed by atoms with Gasteiger partial charge < -0.3 is 5.32 Å². The molecule has 0 unspecified atom stereocenters. The first-order chi connectivity index (χ1) is 14.8. The van der Waals surface area contributed by atoms with Gasteiger partial charge in [-0.25, -0.2) is 13.1 Å². The van der Waals surface area contributed by atoms with E-state index >= 15 is 0 Å². The first-order valence-electron chi connectivity index (χ1n) is 10.1. The summed E-state index contributed by atoms with van der Waals surface area (Å²) in [6.45, 7) is 4.46. The summed E-state index contributed by atoms with van der Waals surface area (Å²) in [6.07, 6.45) is 2.72. The van der Waals surface area contributed by atoms with E-state index in [4.69, 9.17) is 0 Å². The molecule has 0 spiro atoms. The zero-order chi connectivity index (χ0) is 22.0. The summed E-state index contributed by atoms with van der Waals surface area (Å²) in [5.74, 6) is -0.549. The van der Waals surface area contributed by atoms with Gasteiger partial charge in [-0.2, -0.15) is 4.31 Å². The molecule has 0 saturated carbocycles. The van der Waals surface area contributed by atoms with Crippen molar-refractivity contribution < 1.29 is 13.2 Å². The van der Waals surface area contributed by atoms with Crippen LogP contribution in [0, 0.1) is 19.8 Å². The number of tetrazole rings is 1. The minimum absolute atomic E-state index is 0.150. The molecule has 1 fully saturated rings. The molecule has 4 rings (SSSR count). The third-order valence-electron chi connectivity index (χ3n) is 5.49. The van der Waals surface area contributed by atoms with Crippen molar-refractivity contribution in [3.05, 3.63) is 59.9 Å². The van der Waals surface area contributed by atoms with Gasteiger partial charge in [-0.3, -0.25) is 4.79 Å². The molecule has 1 aliphatic rings. The Morgan fingerprint density at radius 3 is 2.61 bits per heavy atom. The van der Waals surface area contributed by atoms with Crippen LogP contribution in [0.3, 0.4) is 0 Å². The quantitative estimate of drug-likeness (QED) is 0.652. The highest BCUT2D eigenvalue weighted by molar-refractivity contribution is 7.89. The Morgan fingerprint density at radius 2 is 1.90 bits per heavy atom. The number of hydrogen-bond donors (Lipinski definition) is 1. The van der Waals surface area contributed by atoms with E-state index in [0.717, 1.165) is 16.8 Å². The zero-order valence-electron chi connectivity index (χ0n) is 17.4. The predicted octanol–water partition coefficient (Wildman–Crippen LogP) is 2.32. The van der Waals surface area contributed by atoms with E-state index in [9.17, 15) is 13.2 Å². The minimum Gasteiger partial charge on any atom is -0.326 e. The smallest absolute Gasteiger partial charge is 0.243 e. The lowest BCUT2D eigenvalue weighted by atomic mass is 9.98. The van der Waals surface area contributed by atoms with Crippen molar-refractivity contribution >= 4 is 21.6 Å². The van der Waals surface area contributed by atoms with E-state index in [1.165, 1.54) is 27.4 Å². The Bertz CT molecular complexity index is 1180. The zero-order valence-corrected chi connectivity index (χ0v) is 18.2. The number of anilines is 1. The molecule has 1 aliphatic heterocycles. The van der Waals surface area contributed by atoms with Crippen LogP contribution in [0.15, 0.2) is 53.7 Å². The summed E-state index contributed by atoms with van der Waals surface area (Å²) >= 11 is 0. The molecular weight excluding hydrogens is 416 g/mol. The maximum atomic E-state index is 13.2. The van der Waals surface area contributed by atoms with Gasteiger partial charge >= 0.3 is 0 Å². The third kappa shape index (κ3) is 4.49. The number of aromatic nitrogens is 4. The van der Waals surface area contributed by atoms with Gasteiger partial charge in [0.25, 0.3) is 0 Å². The number of rotatable bonds is 5. The van der Waals surface area contributed by atoms with Crippen molar-refractivity contribution in [2.24, 2.45) is 5.92 Å². The highest BCUT2D eigenvalue weighted by atomic mass is 32.2. The molecule has 31 heavy (non-hydrogen) atoms. The second-order valence-corrected chi connectivity index (χ2v) is 9.70. The maximum absolute atomic E-state index is 13.2. The average molecular weight is 441 g/mol. The van der Waals surface area contributed by atoms with E-state index in [1.54, 1.807) is 12.1 Å². The SMILES string of the molecule is Cc1ccc(C)c(NC(=O)[C@@H]2CCCN(S(=O)(=O)c3ccc(-n4cnnn4)cc3)C2)c1. The fraction of sp³-hybridized carbons (Fsp3) is 0.333. The number of aryl methyl sites for hydroxylation is 2. The van der Waals surface area contributed by atoms with Gasteiger partial charge in [-0.15, -0.1) is 5.10 Å². The van der Waals surface area contributed by atoms with E-state index in [1.807, 2.05) is 32.0 Å². The van der Waals surface area contributed by atoms with E-state index < -0.39 is 15.9 Å². The molecule has 0 bridgehead atoms. The van der Waals surface area contributed by atoms with E-state index in [2.05, 4.69) is 20.8 Å². The number of benzene rings is 2. The Labute approximate surface area is 181 Å². The normalized spacial score (nSPS) is 17.4. The number of nitrogens with zero attached hydrogens (tertiary/aromatic N) is 5. The first-order valence-corrected chi connectivity index (χ1v) is 11.5. The van der Waals surface area contributed by atoms with Crippen molar-refractivity contribution in [1.82, 2.24) is 24.5 Å². The molecule has 1 saturated heterocycles. The number of carbonyl (C=O) groups excluding carboxylic acids is 1. The average Bonchev–Trinajstić information content (AvgIpc) is 3.31. The predicted molar refractivity (Wildman–Crippen MR) is 115 cm³/mol. The van der Waals surface area contributed by atoms with Gasteiger partial charge in [0, 0.05) is 18.8 Å². The Balaban J connectivity index is 1.48. The summed E-state index contributed by atoms with van der Waals surface area (Å²) < 4.78 is 29.2. The lowest BCUT2D eigenvalue weighted by Gasteiger charge is -2.31. The van der Waals surface area contributed by atoms with Gasteiger partial charge in [-0.1, -0.05) is 12.1 Å². The Kier molecular flexibility index (Phi) is 5.84. The first kappa shape index (κ1) is 21.1. The van der Waals surface area contributed by atoms with Crippen LogP contribution < -0.4 is 5.32 Å². The lowest BCUT2D eigenvalue weighted by Crippen LogP contribution is -2.43. The standard InChI is InChI=1S/C21H24N6O3S/c1-15-5-6-16(2)20(12-15)23-21(28)17-4-3-11-26(13-17)31(29,30)19-9-7-18(8-10-19)27-14-22-24-25-27/h5-10,12,14,17H,3-4,11,13H2,1-2H3,(H,23,28)/t17-/m1/s1. The summed E-state index contributed by atoms with van der Waals surface area (Å²) in [7, 11) is -3.71. The Morgan fingerprint density at radius 1 is 1.13 bits per heavy atom. The number of hydrogen-bond acceptors (Lipinski definition) is 6. The largest absolute Gasteiger partial charge is 0.326 e. The van der Waals surface area contributed by atoms with Gasteiger partial charge in [0.2, 0.25) is 15.9 Å². The fourth-order valence-corrected chi connectivity index (χ4v) is 5.20. The molecule has 1 atom stereocenters. The van der Waals surface area contributed by atoms with Crippen LogP contribution in [0.2, 0.25) is 0 Å². The third-order valence-corrected chi connectivity index (χ3v) is 7.37. The summed E-state index contributed by atoms with van der Waals surface area (Å²) in [6, 6.07) is 12.2. The van der Waals surface area contributed by atoms with Crippen LogP contribution >= 0.6 is 0 Å². The van der Waals surface area contributed by atoms with Crippen LogP contribution in [0.25, 0.3) is 5.69 Å². The summed E-state index contributed by atoms with van der Waals surface area (Å²) in [5.41, 5.74) is 3.46. The van der Waals surface area contributed by atoms with Crippen LogP contribution in [0.5, 0.6) is 0 Å². The van der Waals surface area contributed by atoms with Gasteiger partial charge in [0.15, 0.2) is 0 Å². The molecule has 0 aliphatic carbocycles. The number of nitrogens with one attached hydrogen (secondary N) is 1. The van der Waals surface area contributed by atoms with Gasteiger partial charge in [-0.05, 0) is 78.6 Å². The summed E-state index contributed by atoms with van der Waals surface area (Å²) in [4.78, 5) is 13.0. The second-order valence-electron chi connectivity index (χ2n) is 7.76. The topological polar surface area (TPSA) is 110 Å². The van der Waals surface area contributed by atoms with Gasteiger partial charge in [0.05, 0.1) is 16.5 Å². The molecule has 162 valence electrons. The van der Waals surface area contributed by atoms with Crippen molar-refractivity contribution in [2.75, 3.05) is 18.4 Å². The molecule has 2 aromatic carbocycles. The number of piperidine rings is 1. The van der Waals surface area contributed by atoms with Gasteiger partial charge in [0.1, 0.15) is 6.33 Å². The lowest BCUT2D eigenvalue weighted by molar-refractivity contribution is -0.120. The molecule has 1 N–H and O–H groups in total. The maximum Gasteiger partial charge on any atom is 0.243 e. The van der Waals surface area contributed by atoms with Crippen molar-refractivity contribution in [2.45, 2.75) is 31.6 Å². The molecule has 10 heteroatoms.